The lowest BCUT2D eigenvalue weighted by molar-refractivity contribution is -0.116. The van der Waals surface area contributed by atoms with Gasteiger partial charge in [-0.3, -0.25) is 14.4 Å². The van der Waals surface area contributed by atoms with Gasteiger partial charge in [-0.2, -0.15) is 0 Å². The summed E-state index contributed by atoms with van der Waals surface area (Å²) in [4.78, 5) is 35.5. The number of fused-ring (bicyclic) bond motifs is 1. The highest BCUT2D eigenvalue weighted by Crippen LogP contribution is 2.25. The standard InChI is InChI=1S/C19H15ClFN3O3/c1-11(25)22-12-5-6-14(20)16(9-12)23-18(27)10-24-8-7-17(26)13-3-2-4-15(21)19(13)24/h2-9H,10H2,1H3,(H,22,25)(H,23,27). The Hall–Kier alpha value is -3.19. The normalized spacial score (nSPS) is 10.6. The number of pyridine rings is 1. The summed E-state index contributed by atoms with van der Waals surface area (Å²) < 4.78 is 15.5. The van der Waals surface area contributed by atoms with Gasteiger partial charge in [-0.05, 0) is 30.3 Å². The van der Waals surface area contributed by atoms with Gasteiger partial charge in [0.15, 0.2) is 5.43 Å². The van der Waals surface area contributed by atoms with Crippen LogP contribution in [0.5, 0.6) is 0 Å². The maximum Gasteiger partial charge on any atom is 0.244 e. The van der Waals surface area contributed by atoms with Crippen LogP contribution in [0, 0.1) is 5.82 Å². The van der Waals surface area contributed by atoms with Gasteiger partial charge in [0.2, 0.25) is 11.8 Å². The van der Waals surface area contributed by atoms with Crippen LogP contribution in [-0.2, 0) is 16.1 Å². The lowest BCUT2D eigenvalue weighted by Gasteiger charge is -2.13. The predicted molar refractivity (Wildman–Crippen MR) is 103 cm³/mol. The Morgan fingerprint density at radius 2 is 1.93 bits per heavy atom. The van der Waals surface area contributed by atoms with Gasteiger partial charge < -0.3 is 15.2 Å². The summed E-state index contributed by atoms with van der Waals surface area (Å²) in [5.74, 6) is -1.32. The largest absolute Gasteiger partial charge is 0.335 e. The molecule has 2 aromatic carbocycles. The number of hydrogen-bond donors (Lipinski definition) is 2. The summed E-state index contributed by atoms with van der Waals surface area (Å²) in [6.45, 7) is 1.14. The van der Waals surface area contributed by atoms with Crippen molar-refractivity contribution < 1.29 is 14.0 Å². The van der Waals surface area contributed by atoms with E-state index in [-0.39, 0.29) is 33.8 Å². The van der Waals surface area contributed by atoms with E-state index in [1.165, 1.54) is 54.1 Å². The molecule has 0 atom stereocenters. The lowest BCUT2D eigenvalue weighted by Crippen LogP contribution is -2.21. The minimum atomic E-state index is -0.594. The Kier molecular flexibility index (Phi) is 5.23. The first-order valence-electron chi connectivity index (χ1n) is 8.00. The lowest BCUT2D eigenvalue weighted by atomic mass is 10.2. The van der Waals surface area contributed by atoms with Crippen LogP contribution in [0.1, 0.15) is 6.92 Å². The van der Waals surface area contributed by atoms with Crippen LogP contribution in [0.15, 0.2) is 53.5 Å². The molecule has 1 aromatic heterocycles. The molecule has 0 aliphatic rings. The zero-order valence-electron chi connectivity index (χ0n) is 14.3. The number of halogens is 2. The molecule has 0 unspecified atom stereocenters. The maximum atomic E-state index is 14.2. The van der Waals surface area contributed by atoms with E-state index in [0.29, 0.717) is 11.4 Å². The van der Waals surface area contributed by atoms with Crippen molar-refractivity contribution in [1.29, 1.82) is 0 Å². The van der Waals surface area contributed by atoms with Crippen molar-refractivity contribution >= 4 is 45.7 Å². The molecule has 3 aromatic rings. The number of amides is 2. The van der Waals surface area contributed by atoms with Crippen LogP contribution >= 0.6 is 11.6 Å². The number of anilines is 2. The molecule has 6 nitrogen and oxygen atoms in total. The van der Waals surface area contributed by atoms with E-state index in [0.717, 1.165) is 0 Å². The highest BCUT2D eigenvalue weighted by molar-refractivity contribution is 6.33. The zero-order valence-corrected chi connectivity index (χ0v) is 15.0. The average molecular weight is 388 g/mol. The van der Waals surface area contributed by atoms with Gasteiger partial charge in [-0.15, -0.1) is 0 Å². The molecule has 2 N–H and O–H groups in total. The molecule has 138 valence electrons. The topological polar surface area (TPSA) is 80.2 Å². The number of benzene rings is 2. The molecule has 0 bridgehead atoms. The Morgan fingerprint density at radius 3 is 2.67 bits per heavy atom. The van der Waals surface area contributed by atoms with Gasteiger partial charge in [-0.25, -0.2) is 4.39 Å². The van der Waals surface area contributed by atoms with Gasteiger partial charge >= 0.3 is 0 Å². The summed E-state index contributed by atoms with van der Waals surface area (Å²) in [6, 6.07) is 10.1. The van der Waals surface area contributed by atoms with Crippen molar-refractivity contribution in [2.24, 2.45) is 0 Å². The molecule has 27 heavy (non-hydrogen) atoms. The Morgan fingerprint density at radius 1 is 1.15 bits per heavy atom. The number of nitrogens with zero attached hydrogens (tertiary/aromatic N) is 1. The fourth-order valence-electron chi connectivity index (χ4n) is 2.71. The number of nitrogens with one attached hydrogen (secondary N) is 2. The summed E-state index contributed by atoms with van der Waals surface area (Å²) >= 11 is 6.09. The molecule has 0 aliphatic carbocycles. The van der Waals surface area contributed by atoms with Crippen molar-refractivity contribution in [3.8, 4) is 0 Å². The van der Waals surface area contributed by atoms with Crippen molar-refractivity contribution in [2.45, 2.75) is 13.5 Å². The predicted octanol–water partition coefficient (Wildman–Crippen LogP) is 3.39. The summed E-state index contributed by atoms with van der Waals surface area (Å²) in [5.41, 5.74) is 0.506. The van der Waals surface area contributed by atoms with Crippen LogP contribution in [-0.4, -0.2) is 16.4 Å². The molecule has 2 amide bonds. The third-order valence-electron chi connectivity index (χ3n) is 3.82. The van der Waals surface area contributed by atoms with Crippen LogP contribution in [0.25, 0.3) is 10.9 Å². The third kappa shape index (κ3) is 4.15. The molecule has 0 spiro atoms. The highest BCUT2D eigenvalue weighted by atomic mass is 35.5. The van der Waals surface area contributed by atoms with E-state index >= 15 is 0 Å². The van der Waals surface area contributed by atoms with E-state index in [4.69, 9.17) is 11.6 Å². The number of aromatic nitrogens is 1. The first-order valence-corrected chi connectivity index (χ1v) is 8.37. The minimum absolute atomic E-state index is 0.0539. The SMILES string of the molecule is CC(=O)Nc1ccc(Cl)c(NC(=O)Cn2ccc(=O)c3cccc(F)c32)c1. The minimum Gasteiger partial charge on any atom is -0.335 e. The van der Waals surface area contributed by atoms with Crippen molar-refractivity contribution in [3.05, 3.63) is 69.7 Å². The zero-order chi connectivity index (χ0) is 19.6. The molecule has 0 saturated carbocycles. The molecule has 0 fully saturated rings. The van der Waals surface area contributed by atoms with E-state index < -0.39 is 11.7 Å². The quantitative estimate of drug-likeness (QED) is 0.720. The second-order valence-electron chi connectivity index (χ2n) is 5.87. The molecule has 3 rings (SSSR count). The highest BCUT2D eigenvalue weighted by Gasteiger charge is 2.12. The molecule has 0 saturated heterocycles. The van der Waals surface area contributed by atoms with E-state index in [9.17, 15) is 18.8 Å². The van der Waals surface area contributed by atoms with Gasteiger partial charge in [0.05, 0.1) is 16.2 Å². The van der Waals surface area contributed by atoms with Crippen LogP contribution < -0.4 is 16.1 Å². The number of carbonyl (C=O) groups is 2. The summed E-state index contributed by atoms with van der Waals surface area (Å²) in [7, 11) is 0. The van der Waals surface area contributed by atoms with Crippen LogP contribution in [0.4, 0.5) is 15.8 Å². The number of carbonyl (C=O) groups excluding carboxylic acids is 2. The van der Waals surface area contributed by atoms with E-state index in [1.54, 1.807) is 6.07 Å². The van der Waals surface area contributed by atoms with Gasteiger partial charge in [-0.1, -0.05) is 17.7 Å². The average Bonchev–Trinajstić information content (AvgIpc) is 2.60. The Balaban J connectivity index is 1.87. The maximum absolute atomic E-state index is 14.2. The number of para-hydroxylation sites is 1. The fourth-order valence-corrected chi connectivity index (χ4v) is 2.87. The molecule has 1 heterocycles. The second-order valence-corrected chi connectivity index (χ2v) is 6.28. The smallest absolute Gasteiger partial charge is 0.244 e. The molecular formula is C19H15ClFN3O3. The summed E-state index contributed by atoms with van der Waals surface area (Å²) in [6.07, 6.45) is 1.36. The molecule has 8 heteroatoms. The van der Waals surface area contributed by atoms with Crippen LogP contribution in [0.2, 0.25) is 5.02 Å². The molecule has 0 aliphatic heterocycles. The monoisotopic (exact) mass is 387 g/mol. The third-order valence-corrected chi connectivity index (χ3v) is 4.15. The van der Waals surface area contributed by atoms with Gasteiger partial charge in [0.25, 0.3) is 0 Å². The fraction of sp³-hybridized carbons (Fsp3) is 0.105. The molecule has 0 radical (unpaired) electrons. The Bertz CT molecular complexity index is 1110. The Labute approximate surface area is 158 Å². The van der Waals surface area contributed by atoms with Crippen molar-refractivity contribution in [1.82, 2.24) is 4.57 Å². The first-order chi connectivity index (χ1) is 12.8. The molecular weight excluding hydrogens is 373 g/mol. The van der Waals surface area contributed by atoms with Gasteiger partial charge in [0, 0.05) is 30.3 Å². The number of hydrogen-bond acceptors (Lipinski definition) is 3. The first kappa shape index (κ1) is 18.6. The summed E-state index contributed by atoms with van der Waals surface area (Å²) in [5, 5.41) is 5.70. The van der Waals surface area contributed by atoms with Crippen molar-refractivity contribution in [3.63, 3.8) is 0 Å². The second kappa shape index (κ2) is 7.59. The van der Waals surface area contributed by atoms with Gasteiger partial charge in [0.1, 0.15) is 12.4 Å². The number of rotatable bonds is 4. The van der Waals surface area contributed by atoms with E-state index in [2.05, 4.69) is 10.6 Å². The van der Waals surface area contributed by atoms with E-state index in [1.807, 2.05) is 0 Å². The van der Waals surface area contributed by atoms with Crippen LogP contribution in [0.3, 0.4) is 0 Å². The van der Waals surface area contributed by atoms with Crippen molar-refractivity contribution in [2.75, 3.05) is 10.6 Å².